The van der Waals surface area contributed by atoms with Crippen molar-refractivity contribution < 1.29 is 4.42 Å². The average molecular weight is 340 g/mol. The van der Waals surface area contributed by atoms with Crippen molar-refractivity contribution in [3.05, 3.63) is 54.2 Å². The first kappa shape index (κ1) is 16.5. The van der Waals surface area contributed by atoms with E-state index in [1.165, 1.54) is 5.56 Å². The minimum absolute atomic E-state index is 0.658. The largest absolute Gasteiger partial charge is 0.444 e. The second-order valence-corrected chi connectivity index (χ2v) is 6.65. The highest BCUT2D eigenvalue weighted by Crippen LogP contribution is 2.19. The Labute approximate surface area is 145 Å². The summed E-state index contributed by atoms with van der Waals surface area (Å²) >= 11 is 1.68. The van der Waals surface area contributed by atoms with Crippen LogP contribution in [0.3, 0.4) is 0 Å². The Morgan fingerprint density at radius 1 is 1.12 bits per heavy atom. The fourth-order valence-electron chi connectivity index (χ4n) is 2.22. The average Bonchev–Trinajstić information content (AvgIpc) is 3.05. The van der Waals surface area contributed by atoms with Crippen molar-refractivity contribution >= 4 is 17.6 Å². The number of aryl methyl sites for hydroxylation is 1. The molecule has 0 bridgehead atoms. The summed E-state index contributed by atoms with van der Waals surface area (Å²) < 4.78 is 5.57. The van der Waals surface area contributed by atoms with Crippen LogP contribution in [0.4, 0.5) is 5.82 Å². The number of hydrogen-bond acceptors (Lipinski definition) is 6. The molecule has 0 fully saturated rings. The standard InChI is InChI=1S/C18H20N4OS/c1-3-24-17-11-19-10-16(22-17)20-9-8-15-12-23-18(21-15)14-6-4-13(2)5-7-14/h4-7,10-12H,3,8-9H2,1-2H3,(H,20,22). The third kappa shape index (κ3) is 4.35. The molecule has 0 aliphatic heterocycles. The molecule has 3 rings (SSSR count). The van der Waals surface area contributed by atoms with Crippen LogP contribution >= 0.6 is 11.8 Å². The van der Waals surface area contributed by atoms with Gasteiger partial charge in [-0.15, -0.1) is 11.8 Å². The molecule has 0 radical (unpaired) electrons. The van der Waals surface area contributed by atoms with Gasteiger partial charge >= 0.3 is 0 Å². The molecule has 0 aliphatic carbocycles. The quantitative estimate of drug-likeness (QED) is 0.650. The number of oxazole rings is 1. The lowest BCUT2D eigenvalue weighted by Crippen LogP contribution is -2.07. The molecule has 0 saturated carbocycles. The third-order valence-electron chi connectivity index (χ3n) is 3.44. The molecule has 0 saturated heterocycles. The maximum atomic E-state index is 5.57. The number of nitrogens with one attached hydrogen (secondary N) is 1. The van der Waals surface area contributed by atoms with Gasteiger partial charge in [-0.05, 0) is 24.8 Å². The van der Waals surface area contributed by atoms with Gasteiger partial charge in [0.1, 0.15) is 17.1 Å². The molecular formula is C18H20N4OS. The fraction of sp³-hybridized carbons (Fsp3) is 0.278. The van der Waals surface area contributed by atoms with Crippen LogP contribution in [0.2, 0.25) is 0 Å². The number of anilines is 1. The summed E-state index contributed by atoms with van der Waals surface area (Å²) in [5.41, 5.74) is 3.14. The second kappa shape index (κ2) is 7.97. The number of aromatic nitrogens is 3. The number of benzene rings is 1. The monoisotopic (exact) mass is 340 g/mol. The summed E-state index contributed by atoms with van der Waals surface area (Å²) in [6, 6.07) is 8.16. The lowest BCUT2D eigenvalue weighted by molar-refractivity contribution is 0.572. The van der Waals surface area contributed by atoms with Gasteiger partial charge in [0, 0.05) is 18.5 Å². The first-order chi connectivity index (χ1) is 11.7. The molecule has 2 aromatic heterocycles. The van der Waals surface area contributed by atoms with Crippen LogP contribution in [-0.2, 0) is 6.42 Å². The maximum absolute atomic E-state index is 5.57. The number of nitrogens with zero attached hydrogens (tertiary/aromatic N) is 3. The summed E-state index contributed by atoms with van der Waals surface area (Å²) in [4.78, 5) is 13.2. The van der Waals surface area contributed by atoms with Crippen molar-refractivity contribution in [2.45, 2.75) is 25.3 Å². The Bertz CT molecular complexity index is 786. The number of hydrogen-bond donors (Lipinski definition) is 1. The Balaban J connectivity index is 1.56. The zero-order chi connectivity index (χ0) is 16.8. The van der Waals surface area contributed by atoms with Crippen LogP contribution in [0, 0.1) is 6.92 Å². The second-order valence-electron chi connectivity index (χ2n) is 5.36. The van der Waals surface area contributed by atoms with Gasteiger partial charge in [-0.2, -0.15) is 0 Å². The topological polar surface area (TPSA) is 63.8 Å². The van der Waals surface area contributed by atoms with E-state index >= 15 is 0 Å². The first-order valence-corrected chi connectivity index (χ1v) is 8.93. The zero-order valence-corrected chi connectivity index (χ0v) is 14.6. The minimum atomic E-state index is 0.658. The first-order valence-electron chi connectivity index (χ1n) is 7.95. The van der Waals surface area contributed by atoms with Crippen molar-refractivity contribution in [2.24, 2.45) is 0 Å². The van der Waals surface area contributed by atoms with Crippen LogP contribution < -0.4 is 5.32 Å². The summed E-state index contributed by atoms with van der Waals surface area (Å²) in [6.45, 7) is 4.89. The predicted octanol–water partition coefficient (Wildman–Crippen LogP) is 4.21. The number of thioether (sulfide) groups is 1. The molecule has 0 atom stereocenters. The van der Waals surface area contributed by atoms with E-state index in [0.29, 0.717) is 5.89 Å². The van der Waals surface area contributed by atoms with E-state index < -0.39 is 0 Å². The van der Waals surface area contributed by atoms with Gasteiger partial charge < -0.3 is 9.73 Å². The van der Waals surface area contributed by atoms with Crippen LogP contribution in [0.1, 0.15) is 18.2 Å². The van der Waals surface area contributed by atoms with Gasteiger partial charge in [-0.3, -0.25) is 4.98 Å². The van der Waals surface area contributed by atoms with Crippen molar-refractivity contribution in [1.82, 2.24) is 15.0 Å². The zero-order valence-electron chi connectivity index (χ0n) is 13.8. The number of rotatable bonds is 7. The van der Waals surface area contributed by atoms with E-state index in [1.807, 2.05) is 12.1 Å². The molecule has 1 aromatic carbocycles. The minimum Gasteiger partial charge on any atom is -0.444 e. The Hall–Kier alpha value is -2.34. The maximum Gasteiger partial charge on any atom is 0.226 e. The summed E-state index contributed by atoms with van der Waals surface area (Å²) in [7, 11) is 0. The van der Waals surface area contributed by atoms with Gasteiger partial charge in [-0.1, -0.05) is 24.6 Å². The molecule has 0 aliphatic rings. The Kier molecular flexibility index (Phi) is 5.48. The fourth-order valence-corrected chi connectivity index (χ4v) is 2.81. The molecule has 24 heavy (non-hydrogen) atoms. The van der Waals surface area contributed by atoms with Gasteiger partial charge in [-0.25, -0.2) is 9.97 Å². The molecule has 1 N–H and O–H groups in total. The van der Waals surface area contributed by atoms with Gasteiger partial charge in [0.25, 0.3) is 0 Å². The van der Waals surface area contributed by atoms with Crippen molar-refractivity contribution in [2.75, 3.05) is 17.6 Å². The van der Waals surface area contributed by atoms with Crippen molar-refractivity contribution in [3.8, 4) is 11.5 Å². The van der Waals surface area contributed by atoms with E-state index in [1.54, 1.807) is 30.4 Å². The summed E-state index contributed by atoms with van der Waals surface area (Å²) in [6.07, 6.45) is 6.00. The summed E-state index contributed by atoms with van der Waals surface area (Å²) in [5, 5.41) is 4.22. The molecule has 3 aromatic rings. The van der Waals surface area contributed by atoms with E-state index in [-0.39, 0.29) is 0 Å². The highest BCUT2D eigenvalue weighted by Gasteiger charge is 2.06. The predicted molar refractivity (Wildman–Crippen MR) is 97.3 cm³/mol. The van der Waals surface area contributed by atoms with E-state index in [4.69, 9.17) is 4.42 Å². The Morgan fingerprint density at radius 2 is 1.96 bits per heavy atom. The van der Waals surface area contributed by atoms with E-state index in [9.17, 15) is 0 Å². The van der Waals surface area contributed by atoms with E-state index in [0.717, 1.165) is 40.8 Å². The highest BCUT2D eigenvalue weighted by atomic mass is 32.2. The molecule has 0 amide bonds. The molecule has 2 heterocycles. The molecule has 0 unspecified atom stereocenters. The molecule has 0 spiro atoms. The molecule has 5 nitrogen and oxygen atoms in total. The molecule has 6 heteroatoms. The lowest BCUT2D eigenvalue weighted by atomic mass is 10.1. The van der Waals surface area contributed by atoms with Crippen LogP contribution in [0.5, 0.6) is 0 Å². The Morgan fingerprint density at radius 3 is 2.75 bits per heavy atom. The van der Waals surface area contributed by atoms with Gasteiger partial charge in [0.2, 0.25) is 5.89 Å². The smallest absolute Gasteiger partial charge is 0.226 e. The van der Waals surface area contributed by atoms with Crippen LogP contribution in [0.15, 0.2) is 52.4 Å². The molecule has 124 valence electrons. The lowest BCUT2D eigenvalue weighted by Gasteiger charge is -2.05. The highest BCUT2D eigenvalue weighted by molar-refractivity contribution is 7.99. The normalized spacial score (nSPS) is 10.8. The third-order valence-corrected chi connectivity index (χ3v) is 4.22. The van der Waals surface area contributed by atoms with Crippen molar-refractivity contribution in [3.63, 3.8) is 0 Å². The molecular weight excluding hydrogens is 320 g/mol. The SMILES string of the molecule is CCSc1cncc(NCCc2coc(-c3ccc(C)cc3)n2)n1. The van der Waals surface area contributed by atoms with Gasteiger partial charge in [0.05, 0.1) is 18.1 Å². The van der Waals surface area contributed by atoms with E-state index in [2.05, 4.69) is 46.2 Å². The van der Waals surface area contributed by atoms with Crippen LogP contribution in [0.25, 0.3) is 11.5 Å². The van der Waals surface area contributed by atoms with Gasteiger partial charge in [0.15, 0.2) is 0 Å². The van der Waals surface area contributed by atoms with Crippen LogP contribution in [-0.4, -0.2) is 27.2 Å². The van der Waals surface area contributed by atoms with Crippen molar-refractivity contribution in [1.29, 1.82) is 0 Å². The summed E-state index contributed by atoms with van der Waals surface area (Å²) in [5.74, 6) is 2.43.